The number of piperazine rings is 1. The lowest BCUT2D eigenvalue weighted by atomic mass is 10.0. The first-order valence-corrected chi connectivity index (χ1v) is 11.7. The largest absolute Gasteiger partial charge is 0.507 e. The van der Waals surface area contributed by atoms with Crippen molar-refractivity contribution in [2.24, 2.45) is 0 Å². The number of phenols is 1. The molecule has 10 heteroatoms. The van der Waals surface area contributed by atoms with E-state index in [4.69, 9.17) is 0 Å². The van der Waals surface area contributed by atoms with Crippen LogP contribution in [-0.4, -0.2) is 65.4 Å². The topological polar surface area (TPSA) is 97.4 Å². The van der Waals surface area contributed by atoms with Gasteiger partial charge in [-0.25, -0.2) is 13.8 Å². The summed E-state index contributed by atoms with van der Waals surface area (Å²) in [6.07, 6.45) is 1.85. The van der Waals surface area contributed by atoms with Crippen LogP contribution in [0.1, 0.15) is 18.4 Å². The van der Waals surface area contributed by atoms with Crippen molar-refractivity contribution in [2.45, 2.75) is 25.4 Å². The molecule has 0 spiro atoms. The molecule has 1 unspecified atom stereocenters. The summed E-state index contributed by atoms with van der Waals surface area (Å²) >= 11 is 0. The molecular formula is C25H26F2N6O2. The van der Waals surface area contributed by atoms with Gasteiger partial charge in [-0.3, -0.25) is 9.36 Å². The van der Waals surface area contributed by atoms with Crippen LogP contribution >= 0.6 is 0 Å². The molecule has 0 amide bonds. The van der Waals surface area contributed by atoms with E-state index < -0.39 is 22.9 Å². The van der Waals surface area contributed by atoms with Crippen LogP contribution in [-0.2, 0) is 6.54 Å². The number of halogens is 2. The van der Waals surface area contributed by atoms with Gasteiger partial charge in [0.25, 0.3) is 5.56 Å². The minimum atomic E-state index is -0.846. The second-order valence-electron chi connectivity index (χ2n) is 9.09. The van der Waals surface area contributed by atoms with Gasteiger partial charge in [-0.15, -0.1) is 0 Å². The second-order valence-corrected chi connectivity index (χ2v) is 9.09. The number of nitrogens with one attached hydrogen (secondary N) is 1. The maximum absolute atomic E-state index is 15.5. The lowest BCUT2D eigenvalue weighted by molar-refractivity contribution is 0.282. The average molecular weight is 481 g/mol. The van der Waals surface area contributed by atoms with E-state index in [9.17, 15) is 19.6 Å². The standard InChI is InChI=1S/C25H26F2N6O2/c1-31-9-3-4-15(31)14-33-24-16(23(17(13-28)25(33)35)32-10-7-29-8-11-32)12-19(27)22(30-24)21-18(26)5-2-6-20(21)34/h2,5-6,12,15,29,34H,3-4,7-11,14H2,1H3. The molecule has 2 aliphatic heterocycles. The fourth-order valence-corrected chi connectivity index (χ4v) is 5.16. The Hall–Kier alpha value is -3.55. The van der Waals surface area contributed by atoms with Crippen LogP contribution < -0.4 is 15.8 Å². The van der Waals surface area contributed by atoms with Crippen molar-refractivity contribution >= 4 is 16.7 Å². The molecule has 2 N–H and O–H groups in total. The van der Waals surface area contributed by atoms with Crippen LogP contribution in [0.4, 0.5) is 14.5 Å². The molecule has 5 rings (SSSR count). The van der Waals surface area contributed by atoms with Gasteiger partial charge in [0.15, 0.2) is 5.82 Å². The number of likely N-dealkylation sites (N-methyl/N-ethyl adjacent to an activating group) is 1. The Balaban J connectivity index is 1.82. The Morgan fingerprint density at radius 3 is 2.66 bits per heavy atom. The highest BCUT2D eigenvalue weighted by Gasteiger charge is 2.29. The van der Waals surface area contributed by atoms with Crippen molar-refractivity contribution in [2.75, 3.05) is 44.7 Å². The van der Waals surface area contributed by atoms with Gasteiger partial charge in [0.2, 0.25) is 0 Å². The molecule has 0 saturated carbocycles. The number of phenolic OH excluding ortho intramolecular Hbond substituents is 1. The predicted octanol–water partition coefficient (Wildman–Crippen LogP) is 2.42. The molecule has 3 aromatic rings. The Morgan fingerprint density at radius 1 is 1.23 bits per heavy atom. The number of fused-ring (bicyclic) bond motifs is 1. The number of nitriles is 1. The fraction of sp³-hybridized carbons (Fsp3) is 0.400. The first kappa shape index (κ1) is 23.2. The number of benzene rings is 1. The zero-order valence-electron chi connectivity index (χ0n) is 19.4. The third-order valence-electron chi connectivity index (χ3n) is 7.00. The Labute approximate surface area is 201 Å². The van der Waals surface area contributed by atoms with Gasteiger partial charge in [-0.05, 0) is 44.6 Å². The monoisotopic (exact) mass is 480 g/mol. The number of rotatable bonds is 4. The van der Waals surface area contributed by atoms with Crippen LogP contribution in [0.15, 0.2) is 29.1 Å². The second kappa shape index (κ2) is 9.24. The summed E-state index contributed by atoms with van der Waals surface area (Å²) in [5.41, 5.74) is -0.782. The summed E-state index contributed by atoms with van der Waals surface area (Å²) < 4.78 is 31.6. The Morgan fingerprint density at radius 2 is 2.00 bits per heavy atom. The Kier molecular flexibility index (Phi) is 6.13. The third-order valence-corrected chi connectivity index (χ3v) is 7.00. The van der Waals surface area contributed by atoms with E-state index in [0.29, 0.717) is 37.3 Å². The van der Waals surface area contributed by atoms with Crippen LogP contribution in [0.3, 0.4) is 0 Å². The number of nitrogens with zero attached hydrogens (tertiary/aromatic N) is 5. The first-order valence-electron chi connectivity index (χ1n) is 11.7. The van der Waals surface area contributed by atoms with E-state index in [1.165, 1.54) is 22.8 Å². The zero-order chi connectivity index (χ0) is 24.7. The van der Waals surface area contributed by atoms with Crippen molar-refractivity contribution in [3.8, 4) is 23.1 Å². The summed E-state index contributed by atoms with van der Waals surface area (Å²) in [5, 5.41) is 23.8. The van der Waals surface area contributed by atoms with E-state index >= 15 is 4.39 Å². The molecule has 0 bridgehead atoms. The van der Waals surface area contributed by atoms with Gasteiger partial charge in [0.05, 0.1) is 11.3 Å². The van der Waals surface area contributed by atoms with Crippen LogP contribution in [0, 0.1) is 23.0 Å². The average Bonchev–Trinajstić information content (AvgIpc) is 3.25. The van der Waals surface area contributed by atoms with Crippen molar-refractivity contribution in [1.82, 2.24) is 19.8 Å². The maximum atomic E-state index is 15.5. The smallest absolute Gasteiger partial charge is 0.272 e. The van der Waals surface area contributed by atoms with Crippen molar-refractivity contribution < 1.29 is 13.9 Å². The number of anilines is 1. The van der Waals surface area contributed by atoms with Gasteiger partial charge in [0.1, 0.15) is 34.5 Å². The minimum absolute atomic E-state index is 0.0460. The summed E-state index contributed by atoms with van der Waals surface area (Å²) in [4.78, 5) is 22.1. The maximum Gasteiger partial charge on any atom is 0.272 e. The van der Waals surface area contributed by atoms with E-state index in [2.05, 4.69) is 21.3 Å². The van der Waals surface area contributed by atoms with Crippen LogP contribution in [0.2, 0.25) is 0 Å². The van der Waals surface area contributed by atoms with E-state index in [0.717, 1.165) is 25.5 Å². The molecule has 0 radical (unpaired) electrons. The molecule has 1 atom stereocenters. The molecule has 2 saturated heterocycles. The number of likely N-dealkylation sites (tertiary alicyclic amines) is 1. The van der Waals surface area contributed by atoms with Gasteiger partial charge in [-0.2, -0.15) is 5.26 Å². The van der Waals surface area contributed by atoms with Crippen molar-refractivity contribution in [3.05, 3.63) is 51.8 Å². The normalized spacial score (nSPS) is 18.8. The number of hydrogen-bond donors (Lipinski definition) is 2. The number of aromatic hydroxyl groups is 1. The highest BCUT2D eigenvalue weighted by Crippen LogP contribution is 2.36. The highest BCUT2D eigenvalue weighted by molar-refractivity contribution is 5.94. The molecule has 2 aromatic heterocycles. The lowest BCUT2D eigenvalue weighted by Gasteiger charge is -2.31. The van der Waals surface area contributed by atoms with E-state index in [1.807, 2.05) is 11.9 Å². The molecule has 0 aliphatic carbocycles. The predicted molar refractivity (Wildman–Crippen MR) is 128 cm³/mol. The SMILES string of the molecule is CN1CCCC1Cn1c(=O)c(C#N)c(N2CCNCC2)c2cc(F)c(-c3c(O)cccc3F)nc21. The summed E-state index contributed by atoms with van der Waals surface area (Å²) in [6.45, 7) is 3.53. The number of hydrogen-bond acceptors (Lipinski definition) is 7. The number of pyridine rings is 2. The van der Waals surface area contributed by atoms with Gasteiger partial charge in [0, 0.05) is 44.2 Å². The van der Waals surface area contributed by atoms with Gasteiger partial charge >= 0.3 is 0 Å². The van der Waals surface area contributed by atoms with Gasteiger partial charge in [-0.1, -0.05) is 6.07 Å². The molecule has 182 valence electrons. The summed E-state index contributed by atoms with van der Waals surface area (Å²) in [5.74, 6) is -2.12. The van der Waals surface area contributed by atoms with Gasteiger partial charge < -0.3 is 20.2 Å². The van der Waals surface area contributed by atoms with Crippen molar-refractivity contribution in [3.63, 3.8) is 0 Å². The quantitative estimate of drug-likeness (QED) is 0.592. The Bertz CT molecular complexity index is 1370. The first-order chi connectivity index (χ1) is 16.9. The van der Waals surface area contributed by atoms with Crippen LogP contribution in [0.25, 0.3) is 22.3 Å². The zero-order valence-corrected chi connectivity index (χ0v) is 19.4. The molecule has 35 heavy (non-hydrogen) atoms. The minimum Gasteiger partial charge on any atom is -0.507 e. The molecule has 1 aromatic carbocycles. The van der Waals surface area contributed by atoms with Crippen molar-refractivity contribution in [1.29, 1.82) is 5.26 Å². The fourth-order valence-electron chi connectivity index (χ4n) is 5.16. The summed E-state index contributed by atoms with van der Waals surface area (Å²) in [6, 6.07) is 7.00. The van der Waals surface area contributed by atoms with Crippen LogP contribution in [0.5, 0.6) is 5.75 Å². The molecule has 2 aliphatic rings. The number of aromatic nitrogens is 2. The lowest BCUT2D eigenvalue weighted by Crippen LogP contribution is -2.45. The highest BCUT2D eigenvalue weighted by atomic mass is 19.1. The third kappa shape index (κ3) is 4.00. The molecular weight excluding hydrogens is 454 g/mol. The molecule has 4 heterocycles. The van der Waals surface area contributed by atoms with E-state index in [1.54, 1.807) is 0 Å². The summed E-state index contributed by atoms with van der Waals surface area (Å²) in [7, 11) is 1.97. The molecule has 2 fully saturated rings. The van der Waals surface area contributed by atoms with E-state index in [-0.39, 0.29) is 35.1 Å². The molecule has 8 nitrogen and oxygen atoms in total.